The molecular formula is C18H29O5Si2. The van der Waals surface area contributed by atoms with E-state index < -0.39 is 22.8 Å². The van der Waals surface area contributed by atoms with Crippen molar-refractivity contribution in [3.05, 3.63) is 11.1 Å². The summed E-state index contributed by atoms with van der Waals surface area (Å²) in [5.41, 5.74) is -1.11. The van der Waals surface area contributed by atoms with Crippen molar-refractivity contribution in [2.75, 3.05) is 0 Å². The van der Waals surface area contributed by atoms with Crippen LogP contribution in [-0.2, 0) is 13.7 Å². The molecule has 0 amide bonds. The van der Waals surface area contributed by atoms with Gasteiger partial charge in [-0.3, -0.25) is 0 Å². The van der Waals surface area contributed by atoms with Crippen LogP contribution in [0.15, 0.2) is 11.1 Å². The van der Waals surface area contributed by atoms with E-state index in [9.17, 15) is 19.8 Å². The van der Waals surface area contributed by atoms with Gasteiger partial charge in [-0.2, -0.15) is 0 Å². The lowest BCUT2D eigenvalue weighted by Gasteiger charge is -2.47. The van der Waals surface area contributed by atoms with E-state index in [1.807, 2.05) is 34.6 Å². The molecule has 0 heterocycles. The van der Waals surface area contributed by atoms with E-state index in [4.69, 9.17) is 4.12 Å². The molecule has 1 unspecified atom stereocenters. The molecule has 0 aromatic heterocycles. The summed E-state index contributed by atoms with van der Waals surface area (Å²) in [4.78, 5) is 24.3. The lowest BCUT2D eigenvalue weighted by molar-refractivity contribution is -0.138. The third-order valence-electron chi connectivity index (χ3n) is 6.28. The van der Waals surface area contributed by atoms with Crippen LogP contribution >= 0.6 is 0 Å². The summed E-state index contributed by atoms with van der Waals surface area (Å²) < 4.78 is 5.10. The maximum atomic E-state index is 12.2. The zero-order chi connectivity index (χ0) is 19.4. The Balaban J connectivity index is 3.52. The lowest BCUT2D eigenvalue weighted by atomic mass is 9.60. The number of aliphatic carboxylic acids is 2. The number of hydrogen-bond donors (Lipinski definition) is 2. The highest BCUT2D eigenvalue weighted by Crippen LogP contribution is 2.53. The Kier molecular flexibility index (Phi) is 7.64. The second kappa shape index (κ2) is 8.64. The molecule has 2 N–H and O–H groups in total. The van der Waals surface area contributed by atoms with E-state index in [-0.39, 0.29) is 32.4 Å². The molecule has 5 nitrogen and oxygen atoms in total. The van der Waals surface area contributed by atoms with Crippen LogP contribution in [0.3, 0.4) is 0 Å². The largest absolute Gasteiger partial charge is 0.478 e. The highest BCUT2D eigenvalue weighted by atomic mass is 28.3. The minimum absolute atomic E-state index is 0.0440. The number of carboxylic acids is 2. The molecule has 7 heteroatoms. The van der Waals surface area contributed by atoms with Gasteiger partial charge in [0.15, 0.2) is 0 Å². The summed E-state index contributed by atoms with van der Waals surface area (Å²) in [7, 11) is 3.17. The van der Waals surface area contributed by atoms with Gasteiger partial charge in [0.25, 0.3) is 0 Å². The van der Waals surface area contributed by atoms with Gasteiger partial charge >= 0.3 is 11.9 Å². The number of rotatable bonds is 8. The summed E-state index contributed by atoms with van der Waals surface area (Å²) in [6.45, 7) is 9.66. The topological polar surface area (TPSA) is 83.8 Å². The van der Waals surface area contributed by atoms with Gasteiger partial charge in [-0.25, -0.2) is 9.59 Å². The summed E-state index contributed by atoms with van der Waals surface area (Å²) in [6, 6.07) is 0. The number of carbonyl (C=O) groups is 2. The summed E-state index contributed by atoms with van der Waals surface area (Å²) in [6.07, 6.45) is 4.48. The minimum Gasteiger partial charge on any atom is -0.478 e. The van der Waals surface area contributed by atoms with Gasteiger partial charge in [-0.15, -0.1) is 0 Å². The van der Waals surface area contributed by atoms with Crippen LogP contribution in [0.4, 0.5) is 0 Å². The van der Waals surface area contributed by atoms with E-state index in [1.54, 1.807) is 0 Å². The minimum atomic E-state index is -1.13. The zero-order valence-corrected chi connectivity index (χ0v) is 17.8. The number of hydrogen-bond acceptors (Lipinski definition) is 3. The Bertz CT molecular complexity index is 534. The Morgan fingerprint density at radius 2 is 1.60 bits per heavy atom. The van der Waals surface area contributed by atoms with Gasteiger partial charge in [0.1, 0.15) is 0 Å². The lowest BCUT2D eigenvalue weighted by Crippen LogP contribution is -2.43. The number of carboxylic acid groups (broad SMARTS) is 2. The fourth-order valence-corrected chi connectivity index (χ4v) is 5.06. The van der Waals surface area contributed by atoms with Crippen LogP contribution in [0, 0.1) is 16.7 Å². The van der Waals surface area contributed by atoms with Crippen molar-refractivity contribution in [2.45, 2.75) is 72.3 Å². The normalized spacial score (nSPS) is 19.3. The first-order chi connectivity index (χ1) is 11.5. The van der Waals surface area contributed by atoms with E-state index in [0.29, 0.717) is 0 Å². The predicted octanol–water partition coefficient (Wildman–Crippen LogP) is 3.61. The first-order valence-electron chi connectivity index (χ1n) is 8.77. The van der Waals surface area contributed by atoms with Crippen molar-refractivity contribution >= 4 is 32.2 Å². The average Bonchev–Trinajstić information content (AvgIpc) is 2.52. The van der Waals surface area contributed by atoms with Gasteiger partial charge in [0.2, 0.25) is 20.2 Å². The molecular weight excluding hydrogens is 352 g/mol. The van der Waals surface area contributed by atoms with Crippen molar-refractivity contribution < 1.29 is 23.9 Å². The predicted molar refractivity (Wildman–Crippen MR) is 98.5 cm³/mol. The van der Waals surface area contributed by atoms with Gasteiger partial charge < -0.3 is 14.3 Å². The summed E-state index contributed by atoms with van der Waals surface area (Å²) in [5.74, 6) is -2.41. The molecule has 0 aliphatic heterocycles. The molecule has 0 aromatic carbocycles. The monoisotopic (exact) mass is 381 g/mol. The van der Waals surface area contributed by atoms with Crippen LogP contribution in [0.25, 0.3) is 0 Å². The standard InChI is InChI=1S/C18H29O5Si2/c1-11(25-23-24)17(2,3)18(4,5)14(16(21)22)13(15(19)20)12-9-7-6-8-10-12/h11-12H,6-10H2,1-5H3,(H,19,20)(H,21,22)/b14-13-. The molecule has 1 rings (SSSR count). The van der Waals surface area contributed by atoms with Crippen molar-refractivity contribution in [3.63, 3.8) is 0 Å². The van der Waals surface area contributed by atoms with E-state index in [1.165, 1.54) is 0 Å². The van der Waals surface area contributed by atoms with Gasteiger partial charge in [0, 0.05) is 5.41 Å². The molecule has 0 saturated heterocycles. The highest BCUT2D eigenvalue weighted by Gasteiger charge is 2.48. The maximum absolute atomic E-state index is 12.2. The second-order valence-corrected chi connectivity index (χ2v) is 9.94. The zero-order valence-electron chi connectivity index (χ0n) is 15.8. The van der Waals surface area contributed by atoms with Crippen molar-refractivity contribution in [3.8, 4) is 0 Å². The quantitative estimate of drug-likeness (QED) is 0.496. The Morgan fingerprint density at radius 1 is 1.08 bits per heavy atom. The third-order valence-corrected chi connectivity index (χ3v) is 7.83. The molecule has 139 valence electrons. The molecule has 5 radical (unpaired) electrons. The van der Waals surface area contributed by atoms with Crippen molar-refractivity contribution in [2.24, 2.45) is 16.7 Å². The van der Waals surface area contributed by atoms with Crippen molar-refractivity contribution in [1.82, 2.24) is 0 Å². The van der Waals surface area contributed by atoms with E-state index in [2.05, 4.69) is 10.5 Å². The summed E-state index contributed by atoms with van der Waals surface area (Å²) in [5, 5.41) is 19.8. The van der Waals surface area contributed by atoms with E-state index in [0.717, 1.165) is 32.1 Å². The second-order valence-electron chi connectivity index (χ2n) is 8.02. The molecule has 1 aliphatic carbocycles. The highest BCUT2D eigenvalue weighted by molar-refractivity contribution is 6.36. The maximum Gasteiger partial charge on any atom is 0.332 e. The molecule has 25 heavy (non-hydrogen) atoms. The molecule has 1 saturated carbocycles. The van der Waals surface area contributed by atoms with Gasteiger partial charge in [-0.05, 0) is 29.7 Å². The SMILES string of the molecule is CC([Si]O[Si])C(C)(C)C(C)(C)/C(C(=O)O)=C(\C(=O)O)C1CCCCC1. The summed E-state index contributed by atoms with van der Waals surface area (Å²) >= 11 is 0. The Hall–Kier alpha value is -0.926. The van der Waals surface area contributed by atoms with Crippen LogP contribution in [-0.4, -0.2) is 42.4 Å². The van der Waals surface area contributed by atoms with Gasteiger partial charge in [-0.1, -0.05) is 53.9 Å². The fourth-order valence-electron chi connectivity index (χ4n) is 3.70. The van der Waals surface area contributed by atoms with Crippen LogP contribution < -0.4 is 0 Å². The first kappa shape index (κ1) is 22.1. The first-order valence-corrected chi connectivity index (χ1v) is 10.2. The smallest absolute Gasteiger partial charge is 0.332 e. The molecule has 1 atom stereocenters. The average molecular weight is 382 g/mol. The van der Waals surface area contributed by atoms with E-state index >= 15 is 0 Å². The molecule has 0 aromatic rings. The van der Waals surface area contributed by atoms with Crippen molar-refractivity contribution in [1.29, 1.82) is 0 Å². The molecule has 1 fully saturated rings. The Labute approximate surface area is 156 Å². The molecule has 0 spiro atoms. The van der Waals surface area contributed by atoms with Gasteiger partial charge in [0.05, 0.1) is 11.1 Å². The fraction of sp³-hybridized carbons (Fsp3) is 0.778. The van der Waals surface area contributed by atoms with Crippen LogP contribution in [0.2, 0.25) is 5.54 Å². The van der Waals surface area contributed by atoms with Crippen LogP contribution in [0.5, 0.6) is 0 Å². The Morgan fingerprint density at radius 3 is 2.00 bits per heavy atom. The van der Waals surface area contributed by atoms with Crippen LogP contribution in [0.1, 0.15) is 66.7 Å². The molecule has 1 aliphatic rings. The molecule has 0 bridgehead atoms. The third kappa shape index (κ3) is 4.62.